The number of hydrogen-bond donors (Lipinski definition) is 0. The monoisotopic (exact) mass is 479 g/mol. The van der Waals surface area contributed by atoms with Gasteiger partial charge in [-0.25, -0.2) is 4.39 Å². The van der Waals surface area contributed by atoms with E-state index in [2.05, 4.69) is 90.5 Å². The smallest absolute Gasteiger partial charge is 0.150 e. The second kappa shape index (κ2) is 11.9. The van der Waals surface area contributed by atoms with Crippen LogP contribution in [0.3, 0.4) is 0 Å². The summed E-state index contributed by atoms with van der Waals surface area (Å²) >= 11 is 4.58. The summed E-state index contributed by atoms with van der Waals surface area (Å²) in [7, 11) is 0. The van der Waals surface area contributed by atoms with Gasteiger partial charge in [0, 0.05) is 11.1 Å². The minimum absolute atomic E-state index is 0.223. The predicted octanol–water partition coefficient (Wildman–Crippen LogP) is 8.74. The molecular weight excluding hydrogens is 449 g/mol. The third kappa shape index (κ3) is 6.23. The number of thiocarbonyl (C=S) groups is 1. The molecule has 1 aliphatic carbocycles. The molecule has 0 aliphatic heterocycles. The van der Waals surface area contributed by atoms with Gasteiger partial charge in [0.1, 0.15) is 11.5 Å². The van der Waals surface area contributed by atoms with E-state index in [1.807, 2.05) is 6.07 Å². The van der Waals surface area contributed by atoms with Crippen molar-refractivity contribution >= 4 is 34.7 Å². The molecule has 3 aromatic carbocycles. The number of allylic oxidation sites excluding steroid dienone is 1. The van der Waals surface area contributed by atoms with Crippen LogP contribution in [0.1, 0.15) is 78.5 Å². The first kappa shape index (κ1) is 24.8. The summed E-state index contributed by atoms with van der Waals surface area (Å²) in [5.41, 5.74) is 9.57. The molecule has 0 heterocycles. The molecule has 0 spiro atoms. The highest BCUT2D eigenvalue weighted by Crippen LogP contribution is 2.32. The number of aryl methyl sites for hydroxylation is 3. The van der Waals surface area contributed by atoms with Crippen molar-refractivity contribution in [3.63, 3.8) is 0 Å². The second-order valence-electron chi connectivity index (χ2n) is 9.00. The van der Waals surface area contributed by atoms with E-state index in [0.29, 0.717) is 0 Å². The maximum absolute atomic E-state index is 14.3. The van der Waals surface area contributed by atoms with Crippen molar-refractivity contribution in [1.29, 1.82) is 0 Å². The lowest BCUT2D eigenvalue weighted by Gasteiger charge is -2.17. The number of hydrogen-bond acceptors (Lipinski definition) is 2. The van der Waals surface area contributed by atoms with Crippen LogP contribution in [0.2, 0.25) is 0 Å². The summed E-state index contributed by atoms with van der Waals surface area (Å²) in [6.07, 6.45) is 9.83. The Morgan fingerprint density at radius 1 is 0.943 bits per heavy atom. The van der Waals surface area contributed by atoms with Crippen LogP contribution in [-0.2, 0) is 19.3 Å². The van der Waals surface area contributed by atoms with E-state index in [1.54, 1.807) is 6.07 Å². The van der Waals surface area contributed by atoms with Gasteiger partial charge in [-0.3, -0.25) is 0 Å². The van der Waals surface area contributed by atoms with E-state index in [0.717, 1.165) is 47.9 Å². The zero-order valence-electron chi connectivity index (χ0n) is 20.5. The molecular formula is C32H30FNS. The van der Waals surface area contributed by atoms with Gasteiger partial charge in [-0.1, -0.05) is 68.9 Å². The van der Waals surface area contributed by atoms with Crippen molar-refractivity contribution in [1.82, 2.24) is 0 Å². The van der Waals surface area contributed by atoms with Gasteiger partial charge < -0.3 is 0 Å². The summed E-state index contributed by atoms with van der Waals surface area (Å²) < 4.78 is 14.3. The second-order valence-corrected chi connectivity index (χ2v) is 9.19. The number of halogens is 1. The number of nitrogens with zero attached hydrogens (tertiary/aromatic N) is 1. The van der Waals surface area contributed by atoms with Gasteiger partial charge >= 0.3 is 0 Å². The van der Waals surface area contributed by atoms with Crippen LogP contribution in [0, 0.1) is 17.7 Å². The maximum atomic E-state index is 14.3. The fourth-order valence-corrected chi connectivity index (χ4v) is 4.68. The topological polar surface area (TPSA) is 12.4 Å². The Morgan fingerprint density at radius 2 is 1.83 bits per heavy atom. The molecule has 1 aliphatic rings. The molecule has 0 bridgehead atoms. The largest absolute Gasteiger partial charge is 0.205 e. The van der Waals surface area contributed by atoms with Crippen LogP contribution in [-0.4, -0.2) is 5.16 Å². The van der Waals surface area contributed by atoms with Gasteiger partial charge in [0.25, 0.3) is 0 Å². The quantitative estimate of drug-likeness (QED) is 0.143. The maximum Gasteiger partial charge on any atom is 0.150 e. The number of rotatable bonds is 7. The summed E-state index contributed by atoms with van der Waals surface area (Å²) in [4.78, 5) is 3.76. The lowest BCUT2D eigenvalue weighted by molar-refractivity contribution is 0.629. The highest BCUT2D eigenvalue weighted by atomic mass is 32.1. The Labute approximate surface area is 213 Å². The van der Waals surface area contributed by atoms with Crippen molar-refractivity contribution in [3.8, 4) is 11.8 Å². The molecule has 0 aromatic heterocycles. The van der Waals surface area contributed by atoms with Crippen LogP contribution in [0.4, 0.5) is 10.1 Å². The SMILES string of the molecule is CCCCCc1ccc(C#Cc2ccc3c(c2)CCC(c2ccc(N=C=S)c(F)c2)=C3)c(CC)c1. The minimum Gasteiger partial charge on any atom is -0.205 e. The number of unbranched alkanes of at least 4 members (excludes halogenated alkanes) is 2. The van der Waals surface area contributed by atoms with E-state index >= 15 is 0 Å². The average Bonchev–Trinajstić information content (AvgIpc) is 2.88. The molecule has 0 unspecified atom stereocenters. The lowest BCUT2D eigenvalue weighted by atomic mass is 9.87. The molecule has 0 saturated heterocycles. The summed E-state index contributed by atoms with van der Waals surface area (Å²) in [5, 5.41) is 2.22. The minimum atomic E-state index is -0.377. The first-order valence-corrected chi connectivity index (χ1v) is 12.9. The Balaban J connectivity index is 1.53. The van der Waals surface area contributed by atoms with Gasteiger partial charge in [0.05, 0.1) is 5.16 Å². The molecule has 0 saturated carbocycles. The highest BCUT2D eigenvalue weighted by Gasteiger charge is 2.14. The molecule has 3 aromatic rings. The molecule has 3 heteroatoms. The third-order valence-corrected chi connectivity index (χ3v) is 6.67. The van der Waals surface area contributed by atoms with Gasteiger partial charge in [-0.2, -0.15) is 4.99 Å². The number of isothiocyanates is 1. The van der Waals surface area contributed by atoms with Gasteiger partial charge in [0.15, 0.2) is 0 Å². The number of aliphatic imine (C=N–C) groups is 1. The predicted molar refractivity (Wildman–Crippen MR) is 149 cm³/mol. The zero-order valence-corrected chi connectivity index (χ0v) is 21.3. The van der Waals surface area contributed by atoms with E-state index in [1.165, 1.54) is 47.6 Å². The standard InChI is InChI=1S/C32H30FNS/c1-3-5-6-7-23-8-11-26(25(4-2)18-23)12-9-24-10-13-28-20-29(15-14-27(28)19-24)30-16-17-32(34-22-35)31(33)21-30/h8,10-11,13,16-21H,3-7,14-15H2,1-2H3. The Kier molecular flexibility index (Phi) is 8.43. The fourth-order valence-electron chi connectivity index (χ4n) is 4.58. The Hall–Kier alpha value is -3.31. The van der Waals surface area contributed by atoms with Crippen molar-refractivity contribution in [3.05, 3.63) is 99.4 Å². The van der Waals surface area contributed by atoms with Gasteiger partial charge in [-0.05, 0) is 108 Å². The molecule has 0 fully saturated rings. The number of fused-ring (bicyclic) bond motifs is 1. The van der Waals surface area contributed by atoms with Gasteiger partial charge in [-0.15, -0.1) is 0 Å². The zero-order chi connectivity index (χ0) is 24.6. The summed E-state index contributed by atoms with van der Waals surface area (Å²) in [5.74, 6) is 6.41. The lowest BCUT2D eigenvalue weighted by Crippen LogP contribution is -2.00. The van der Waals surface area contributed by atoms with Gasteiger partial charge in [0.2, 0.25) is 0 Å². The normalized spacial score (nSPS) is 12.1. The first-order valence-electron chi connectivity index (χ1n) is 12.5. The first-order chi connectivity index (χ1) is 17.1. The molecule has 35 heavy (non-hydrogen) atoms. The Morgan fingerprint density at radius 3 is 2.60 bits per heavy atom. The highest BCUT2D eigenvalue weighted by molar-refractivity contribution is 7.78. The third-order valence-electron chi connectivity index (χ3n) is 6.58. The van der Waals surface area contributed by atoms with Crippen molar-refractivity contribution in [2.45, 2.75) is 58.8 Å². The van der Waals surface area contributed by atoms with Crippen LogP contribution < -0.4 is 0 Å². The van der Waals surface area contributed by atoms with Crippen LogP contribution in [0.15, 0.2) is 59.6 Å². The van der Waals surface area contributed by atoms with Crippen molar-refractivity contribution in [2.24, 2.45) is 4.99 Å². The molecule has 1 nitrogen and oxygen atoms in total. The molecule has 4 rings (SSSR count). The summed E-state index contributed by atoms with van der Waals surface area (Å²) in [6.45, 7) is 4.44. The van der Waals surface area contributed by atoms with Crippen LogP contribution >= 0.6 is 12.2 Å². The van der Waals surface area contributed by atoms with Crippen molar-refractivity contribution in [2.75, 3.05) is 0 Å². The van der Waals surface area contributed by atoms with Crippen LogP contribution in [0.5, 0.6) is 0 Å². The average molecular weight is 480 g/mol. The van der Waals surface area contributed by atoms with E-state index in [-0.39, 0.29) is 11.5 Å². The van der Waals surface area contributed by atoms with E-state index in [4.69, 9.17) is 0 Å². The molecule has 0 atom stereocenters. The molecule has 0 N–H and O–H groups in total. The number of benzene rings is 3. The van der Waals surface area contributed by atoms with Crippen LogP contribution in [0.25, 0.3) is 11.6 Å². The van der Waals surface area contributed by atoms with E-state index in [9.17, 15) is 4.39 Å². The molecule has 0 amide bonds. The fraction of sp³-hybridized carbons (Fsp3) is 0.281. The van der Waals surface area contributed by atoms with Crippen molar-refractivity contribution < 1.29 is 4.39 Å². The molecule has 176 valence electrons. The molecule has 0 radical (unpaired) electrons. The Bertz CT molecular complexity index is 1370. The van der Waals surface area contributed by atoms with E-state index < -0.39 is 0 Å². The summed E-state index contributed by atoms with van der Waals surface area (Å²) in [6, 6.07) is 18.2.